The number of guanidine groups is 1. The minimum absolute atomic E-state index is 0.246. The van der Waals surface area contributed by atoms with Crippen LogP contribution in [-0.4, -0.2) is 18.0 Å². The predicted molar refractivity (Wildman–Crippen MR) is 75.9 cm³/mol. The standard InChI is InChI=1S/C13H20ClN3/c1-9(2)15-13(16-10(3)4)17-12-7-5-11(14)6-8-12/h5-10H,1-4H3,(H2,15,16,17). The van der Waals surface area contributed by atoms with E-state index in [4.69, 9.17) is 11.6 Å². The third-order valence-electron chi connectivity index (χ3n) is 1.92. The zero-order chi connectivity index (χ0) is 12.8. The highest BCUT2D eigenvalue weighted by molar-refractivity contribution is 6.30. The Morgan fingerprint density at radius 1 is 1.12 bits per heavy atom. The van der Waals surface area contributed by atoms with Crippen molar-refractivity contribution in [2.45, 2.75) is 39.8 Å². The number of anilines is 1. The highest BCUT2D eigenvalue weighted by Crippen LogP contribution is 2.13. The minimum atomic E-state index is 0.246. The lowest BCUT2D eigenvalue weighted by Gasteiger charge is -2.16. The van der Waals surface area contributed by atoms with Crippen LogP contribution in [0.5, 0.6) is 0 Å². The summed E-state index contributed by atoms with van der Waals surface area (Å²) in [5.41, 5.74) is 0.974. The van der Waals surface area contributed by atoms with Crippen LogP contribution < -0.4 is 10.6 Å². The van der Waals surface area contributed by atoms with Crippen molar-refractivity contribution in [3.8, 4) is 0 Å². The number of nitrogens with one attached hydrogen (secondary N) is 2. The van der Waals surface area contributed by atoms with Crippen molar-refractivity contribution in [2.75, 3.05) is 5.32 Å². The third-order valence-corrected chi connectivity index (χ3v) is 2.17. The van der Waals surface area contributed by atoms with Gasteiger partial charge in [0.1, 0.15) is 0 Å². The molecule has 17 heavy (non-hydrogen) atoms. The SMILES string of the molecule is CC(C)N=C(Nc1ccc(Cl)cc1)NC(C)C. The van der Waals surface area contributed by atoms with Crippen LogP contribution in [0.25, 0.3) is 0 Å². The number of halogens is 1. The number of benzene rings is 1. The van der Waals surface area contributed by atoms with Gasteiger partial charge in [-0.15, -0.1) is 0 Å². The molecule has 0 spiro atoms. The van der Waals surface area contributed by atoms with Crippen molar-refractivity contribution in [3.05, 3.63) is 29.3 Å². The van der Waals surface area contributed by atoms with Gasteiger partial charge in [-0.1, -0.05) is 11.6 Å². The van der Waals surface area contributed by atoms with Crippen molar-refractivity contribution >= 4 is 23.2 Å². The summed E-state index contributed by atoms with van der Waals surface area (Å²) in [5.74, 6) is 0.789. The lowest BCUT2D eigenvalue weighted by Crippen LogP contribution is -2.36. The van der Waals surface area contributed by atoms with E-state index in [0.29, 0.717) is 6.04 Å². The lowest BCUT2D eigenvalue weighted by molar-refractivity contribution is 0.717. The van der Waals surface area contributed by atoms with Gasteiger partial charge in [0, 0.05) is 22.8 Å². The maximum atomic E-state index is 5.84. The second-order valence-corrected chi connectivity index (χ2v) is 4.94. The van der Waals surface area contributed by atoms with Gasteiger partial charge in [-0.3, -0.25) is 4.99 Å². The van der Waals surface area contributed by atoms with E-state index >= 15 is 0 Å². The van der Waals surface area contributed by atoms with Crippen LogP contribution in [0.15, 0.2) is 29.3 Å². The molecule has 3 nitrogen and oxygen atoms in total. The zero-order valence-electron chi connectivity index (χ0n) is 10.8. The molecular formula is C13H20ClN3. The highest BCUT2D eigenvalue weighted by atomic mass is 35.5. The first-order valence-corrected chi connectivity index (χ1v) is 6.22. The van der Waals surface area contributed by atoms with Crippen molar-refractivity contribution in [1.29, 1.82) is 0 Å². The average molecular weight is 254 g/mol. The summed E-state index contributed by atoms with van der Waals surface area (Å²) in [6.07, 6.45) is 0. The summed E-state index contributed by atoms with van der Waals surface area (Å²) in [5, 5.41) is 7.26. The van der Waals surface area contributed by atoms with E-state index in [2.05, 4.69) is 29.5 Å². The maximum Gasteiger partial charge on any atom is 0.196 e. The van der Waals surface area contributed by atoms with Gasteiger partial charge < -0.3 is 10.6 Å². The molecule has 0 radical (unpaired) electrons. The molecule has 0 aliphatic heterocycles. The second kappa shape index (κ2) is 6.50. The Morgan fingerprint density at radius 3 is 2.18 bits per heavy atom. The molecule has 0 amide bonds. The topological polar surface area (TPSA) is 36.4 Å². The number of hydrogen-bond donors (Lipinski definition) is 2. The Balaban J connectivity index is 2.75. The molecule has 0 heterocycles. The van der Waals surface area contributed by atoms with Gasteiger partial charge in [-0.25, -0.2) is 0 Å². The molecule has 0 fully saturated rings. The quantitative estimate of drug-likeness (QED) is 0.639. The van der Waals surface area contributed by atoms with Gasteiger partial charge in [0.2, 0.25) is 0 Å². The van der Waals surface area contributed by atoms with Crippen LogP contribution >= 0.6 is 11.6 Å². The predicted octanol–water partition coefficient (Wildman–Crippen LogP) is 3.51. The molecule has 0 atom stereocenters. The number of rotatable bonds is 3. The largest absolute Gasteiger partial charge is 0.354 e. The molecule has 1 aromatic rings. The summed E-state index contributed by atoms with van der Waals surface area (Å²) < 4.78 is 0. The van der Waals surface area contributed by atoms with Gasteiger partial charge in [0.05, 0.1) is 0 Å². The van der Waals surface area contributed by atoms with Crippen molar-refractivity contribution < 1.29 is 0 Å². The van der Waals surface area contributed by atoms with E-state index in [1.165, 1.54) is 0 Å². The fourth-order valence-electron chi connectivity index (χ4n) is 1.31. The first-order chi connectivity index (χ1) is 7.97. The van der Waals surface area contributed by atoms with E-state index in [-0.39, 0.29) is 6.04 Å². The Labute approximate surface area is 108 Å². The molecular weight excluding hydrogens is 234 g/mol. The molecule has 0 bridgehead atoms. The summed E-state index contributed by atoms with van der Waals surface area (Å²) >= 11 is 5.84. The van der Waals surface area contributed by atoms with Crippen molar-refractivity contribution in [1.82, 2.24) is 5.32 Å². The normalized spacial score (nSPS) is 12.1. The minimum Gasteiger partial charge on any atom is -0.354 e. The summed E-state index contributed by atoms with van der Waals surface area (Å²) in [7, 11) is 0. The molecule has 4 heteroatoms. The summed E-state index contributed by atoms with van der Waals surface area (Å²) in [6, 6.07) is 8.15. The van der Waals surface area contributed by atoms with E-state index in [0.717, 1.165) is 16.7 Å². The van der Waals surface area contributed by atoms with Crippen LogP contribution in [0.2, 0.25) is 5.02 Å². The third kappa shape index (κ3) is 5.59. The van der Waals surface area contributed by atoms with Crippen LogP contribution in [-0.2, 0) is 0 Å². The van der Waals surface area contributed by atoms with Crippen molar-refractivity contribution in [3.63, 3.8) is 0 Å². The van der Waals surface area contributed by atoms with E-state index in [1.54, 1.807) is 0 Å². The Bertz CT molecular complexity index is 369. The van der Waals surface area contributed by atoms with Crippen LogP contribution in [0.1, 0.15) is 27.7 Å². The van der Waals surface area contributed by atoms with Crippen LogP contribution in [0.4, 0.5) is 5.69 Å². The molecule has 0 unspecified atom stereocenters. The van der Waals surface area contributed by atoms with Gasteiger partial charge >= 0.3 is 0 Å². The highest BCUT2D eigenvalue weighted by Gasteiger charge is 2.03. The Kier molecular flexibility index (Phi) is 5.29. The lowest BCUT2D eigenvalue weighted by atomic mass is 10.3. The van der Waals surface area contributed by atoms with E-state index < -0.39 is 0 Å². The van der Waals surface area contributed by atoms with Gasteiger partial charge in [-0.2, -0.15) is 0 Å². The molecule has 0 aromatic heterocycles. The number of nitrogens with zero attached hydrogens (tertiary/aromatic N) is 1. The first-order valence-electron chi connectivity index (χ1n) is 5.84. The Morgan fingerprint density at radius 2 is 1.71 bits per heavy atom. The fourth-order valence-corrected chi connectivity index (χ4v) is 1.43. The first kappa shape index (κ1) is 13.8. The molecule has 0 aliphatic rings. The monoisotopic (exact) mass is 253 g/mol. The van der Waals surface area contributed by atoms with Gasteiger partial charge in [0.25, 0.3) is 0 Å². The molecule has 94 valence electrons. The van der Waals surface area contributed by atoms with E-state index in [9.17, 15) is 0 Å². The molecule has 0 saturated carbocycles. The fraction of sp³-hybridized carbons (Fsp3) is 0.462. The summed E-state index contributed by atoms with van der Waals surface area (Å²) in [6.45, 7) is 8.26. The average Bonchev–Trinajstić information content (AvgIpc) is 2.19. The van der Waals surface area contributed by atoms with E-state index in [1.807, 2.05) is 38.1 Å². The number of aliphatic imine (C=N–C) groups is 1. The molecule has 0 saturated heterocycles. The van der Waals surface area contributed by atoms with Crippen LogP contribution in [0, 0.1) is 0 Å². The molecule has 1 rings (SSSR count). The Hall–Kier alpha value is -1.22. The summed E-state index contributed by atoms with van der Waals surface area (Å²) in [4.78, 5) is 4.50. The van der Waals surface area contributed by atoms with Gasteiger partial charge in [0.15, 0.2) is 5.96 Å². The van der Waals surface area contributed by atoms with Crippen molar-refractivity contribution in [2.24, 2.45) is 4.99 Å². The zero-order valence-corrected chi connectivity index (χ0v) is 11.5. The molecule has 2 N–H and O–H groups in total. The van der Waals surface area contributed by atoms with Crippen LogP contribution in [0.3, 0.4) is 0 Å². The molecule has 0 aliphatic carbocycles. The second-order valence-electron chi connectivity index (χ2n) is 4.50. The number of hydrogen-bond acceptors (Lipinski definition) is 1. The maximum absolute atomic E-state index is 5.84. The smallest absolute Gasteiger partial charge is 0.196 e. The molecule has 1 aromatic carbocycles. The van der Waals surface area contributed by atoms with Gasteiger partial charge in [-0.05, 0) is 52.0 Å².